The molecule has 142 valence electrons. The zero-order chi connectivity index (χ0) is 18.9. The van der Waals surface area contributed by atoms with Crippen molar-refractivity contribution >= 4 is 17.7 Å². The molecule has 0 spiro atoms. The van der Waals surface area contributed by atoms with Crippen LogP contribution in [0.2, 0.25) is 0 Å². The maximum atomic E-state index is 12.5. The van der Waals surface area contributed by atoms with Crippen molar-refractivity contribution in [3.63, 3.8) is 0 Å². The number of thioether (sulfide) groups is 1. The minimum Gasteiger partial charge on any atom is -0.484 e. The number of carbonyl (C=O) groups excluding carboxylic acids is 1. The van der Waals surface area contributed by atoms with Crippen molar-refractivity contribution in [3.05, 3.63) is 41.8 Å². The highest BCUT2D eigenvalue weighted by atomic mass is 32.2. The van der Waals surface area contributed by atoms with Crippen LogP contribution < -0.4 is 4.74 Å². The lowest BCUT2D eigenvalue weighted by Crippen LogP contribution is -2.36. The molecule has 7 heteroatoms. The molecule has 26 heavy (non-hydrogen) atoms. The van der Waals surface area contributed by atoms with E-state index in [1.807, 2.05) is 30.5 Å². The Hall–Kier alpha value is -1.99. The number of likely N-dealkylation sites (N-methyl/N-ethyl adjacent to an activating group) is 2. The van der Waals surface area contributed by atoms with E-state index >= 15 is 0 Å². The van der Waals surface area contributed by atoms with Crippen molar-refractivity contribution in [1.29, 1.82) is 0 Å². The normalized spacial score (nSPS) is 11.0. The summed E-state index contributed by atoms with van der Waals surface area (Å²) in [6.07, 6.45) is 2.00. The quantitative estimate of drug-likeness (QED) is 0.592. The van der Waals surface area contributed by atoms with Crippen LogP contribution in [0.5, 0.6) is 5.75 Å². The summed E-state index contributed by atoms with van der Waals surface area (Å²) in [7, 11) is 1.78. The molecule has 2 aromatic rings. The van der Waals surface area contributed by atoms with E-state index in [1.54, 1.807) is 29.8 Å². The van der Waals surface area contributed by atoms with Gasteiger partial charge in [-0.25, -0.2) is 0 Å². The molecule has 0 saturated carbocycles. The summed E-state index contributed by atoms with van der Waals surface area (Å²) >= 11 is 1.62. The number of aromatic nitrogens is 1. The fraction of sp³-hybridized carbons (Fsp3) is 0.474. The average molecular weight is 378 g/mol. The molecule has 0 N–H and O–H groups in total. The fourth-order valence-corrected chi connectivity index (χ4v) is 3.04. The third kappa shape index (κ3) is 5.51. The summed E-state index contributed by atoms with van der Waals surface area (Å²) in [6.45, 7) is 7.91. The van der Waals surface area contributed by atoms with Gasteiger partial charge in [0.25, 0.3) is 5.91 Å². The van der Waals surface area contributed by atoms with Gasteiger partial charge in [0.15, 0.2) is 11.5 Å². The number of ether oxygens (including phenoxy) is 1. The molecule has 0 aliphatic rings. The van der Waals surface area contributed by atoms with Crippen LogP contribution in [-0.4, -0.2) is 60.3 Å². The van der Waals surface area contributed by atoms with E-state index in [2.05, 4.69) is 23.9 Å². The topological polar surface area (TPSA) is 58.8 Å². The Labute approximate surface area is 159 Å². The van der Waals surface area contributed by atoms with Gasteiger partial charge in [0.1, 0.15) is 12.4 Å². The van der Waals surface area contributed by atoms with Crippen LogP contribution >= 0.6 is 11.8 Å². The van der Waals surface area contributed by atoms with Crippen molar-refractivity contribution < 1.29 is 14.1 Å². The standard InChI is InChI=1S/C19H27N3O3S/c1-5-22(6-2)12-11-21(3)19(23)16-13-15(25-20-16)14-24-17-9-7-8-10-18(17)26-4/h7-10,13H,5-6,11-12,14H2,1-4H3. The Morgan fingerprint density at radius 1 is 1.23 bits per heavy atom. The van der Waals surface area contributed by atoms with Gasteiger partial charge in [-0.15, -0.1) is 11.8 Å². The molecular weight excluding hydrogens is 350 g/mol. The molecule has 1 aromatic heterocycles. The highest BCUT2D eigenvalue weighted by Crippen LogP contribution is 2.27. The monoisotopic (exact) mass is 377 g/mol. The van der Waals surface area contributed by atoms with Crippen LogP contribution in [0.3, 0.4) is 0 Å². The lowest BCUT2D eigenvalue weighted by molar-refractivity contribution is 0.0769. The maximum absolute atomic E-state index is 12.5. The minimum atomic E-state index is -0.142. The van der Waals surface area contributed by atoms with Gasteiger partial charge in [0.2, 0.25) is 0 Å². The molecule has 0 fully saturated rings. The molecule has 2 rings (SSSR count). The second-order valence-electron chi connectivity index (χ2n) is 5.87. The van der Waals surface area contributed by atoms with E-state index in [9.17, 15) is 4.79 Å². The lowest BCUT2D eigenvalue weighted by Gasteiger charge is -2.22. The zero-order valence-corrected chi connectivity index (χ0v) is 16.7. The van der Waals surface area contributed by atoms with Crippen molar-refractivity contribution in [1.82, 2.24) is 15.0 Å². The van der Waals surface area contributed by atoms with Gasteiger partial charge in [0, 0.05) is 31.1 Å². The molecule has 1 aromatic carbocycles. The molecule has 0 aliphatic heterocycles. The van der Waals surface area contributed by atoms with E-state index in [4.69, 9.17) is 9.26 Å². The summed E-state index contributed by atoms with van der Waals surface area (Å²) in [6, 6.07) is 9.46. The first-order chi connectivity index (χ1) is 12.6. The molecule has 0 saturated heterocycles. The second kappa shape index (κ2) is 10.2. The minimum absolute atomic E-state index is 0.142. The number of carbonyl (C=O) groups is 1. The van der Waals surface area contributed by atoms with E-state index < -0.39 is 0 Å². The summed E-state index contributed by atoms with van der Waals surface area (Å²) in [5, 5.41) is 3.89. The van der Waals surface area contributed by atoms with Gasteiger partial charge in [-0.1, -0.05) is 31.1 Å². The van der Waals surface area contributed by atoms with Crippen LogP contribution in [0, 0.1) is 0 Å². The number of rotatable bonds is 10. The van der Waals surface area contributed by atoms with Crippen LogP contribution in [0.25, 0.3) is 0 Å². The lowest BCUT2D eigenvalue weighted by atomic mass is 10.3. The third-order valence-corrected chi connectivity index (χ3v) is 4.99. The molecular formula is C19H27N3O3S. The Kier molecular flexibility index (Phi) is 8.00. The first kappa shape index (κ1) is 20.3. The fourth-order valence-electron chi connectivity index (χ4n) is 2.50. The molecule has 0 atom stereocenters. The van der Waals surface area contributed by atoms with E-state index in [1.165, 1.54) is 0 Å². The van der Waals surface area contributed by atoms with Gasteiger partial charge >= 0.3 is 0 Å². The number of benzene rings is 1. The average Bonchev–Trinajstić information content (AvgIpc) is 3.15. The summed E-state index contributed by atoms with van der Waals surface area (Å²) < 4.78 is 11.0. The highest BCUT2D eigenvalue weighted by molar-refractivity contribution is 7.98. The molecule has 0 bridgehead atoms. The highest BCUT2D eigenvalue weighted by Gasteiger charge is 2.17. The first-order valence-corrected chi connectivity index (χ1v) is 10.0. The van der Waals surface area contributed by atoms with Gasteiger partial charge in [-0.3, -0.25) is 4.79 Å². The number of amides is 1. The van der Waals surface area contributed by atoms with Gasteiger partial charge in [-0.05, 0) is 31.5 Å². The smallest absolute Gasteiger partial charge is 0.275 e. The number of hydrogen-bond donors (Lipinski definition) is 0. The molecule has 1 heterocycles. The molecule has 1 amide bonds. The largest absolute Gasteiger partial charge is 0.484 e. The maximum Gasteiger partial charge on any atom is 0.275 e. The zero-order valence-electron chi connectivity index (χ0n) is 15.9. The number of nitrogens with zero attached hydrogens (tertiary/aromatic N) is 3. The first-order valence-electron chi connectivity index (χ1n) is 8.78. The summed E-state index contributed by atoms with van der Waals surface area (Å²) in [5.74, 6) is 1.18. The van der Waals surface area contributed by atoms with Crippen molar-refractivity contribution in [2.24, 2.45) is 0 Å². The van der Waals surface area contributed by atoms with Crippen molar-refractivity contribution in [2.45, 2.75) is 25.3 Å². The predicted octanol–water partition coefficient (Wildman–Crippen LogP) is 3.39. The molecule has 0 unspecified atom stereocenters. The van der Waals surface area contributed by atoms with Crippen LogP contribution in [0.1, 0.15) is 30.1 Å². The Bertz CT molecular complexity index is 701. The van der Waals surface area contributed by atoms with Gasteiger partial charge < -0.3 is 19.1 Å². The van der Waals surface area contributed by atoms with Crippen LogP contribution in [0.4, 0.5) is 0 Å². The molecule has 6 nitrogen and oxygen atoms in total. The van der Waals surface area contributed by atoms with Crippen molar-refractivity contribution in [2.75, 3.05) is 39.5 Å². The Morgan fingerprint density at radius 3 is 2.65 bits per heavy atom. The van der Waals surface area contributed by atoms with Crippen LogP contribution in [0.15, 0.2) is 39.8 Å². The SMILES string of the molecule is CCN(CC)CCN(C)C(=O)c1cc(COc2ccccc2SC)on1. The number of hydrogen-bond acceptors (Lipinski definition) is 6. The van der Waals surface area contributed by atoms with E-state index in [-0.39, 0.29) is 12.5 Å². The van der Waals surface area contributed by atoms with Gasteiger partial charge in [0.05, 0.1) is 0 Å². The van der Waals surface area contributed by atoms with Crippen molar-refractivity contribution in [3.8, 4) is 5.75 Å². The van der Waals surface area contributed by atoms with E-state index in [0.29, 0.717) is 18.0 Å². The van der Waals surface area contributed by atoms with Gasteiger partial charge in [-0.2, -0.15) is 0 Å². The number of para-hydroxylation sites is 1. The summed E-state index contributed by atoms with van der Waals surface area (Å²) in [4.78, 5) is 17.5. The molecule has 0 radical (unpaired) electrons. The Balaban J connectivity index is 1.91. The predicted molar refractivity (Wildman–Crippen MR) is 104 cm³/mol. The van der Waals surface area contributed by atoms with Crippen LogP contribution in [-0.2, 0) is 6.61 Å². The van der Waals surface area contributed by atoms with E-state index in [0.717, 1.165) is 30.3 Å². The molecule has 0 aliphatic carbocycles. The third-order valence-electron chi connectivity index (χ3n) is 4.21. The second-order valence-corrected chi connectivity index (χ2v) is 6.72. The Morgan fingerprint density at radius 2 is 1.96 bits per heavy atom. The summed E-state index contributed by atoms with van der Waals surface area (Å²) in [5.41, 5.74) is 0.309.